The Hall–Kier alpha value is -2.00. The zero-order valence-corrected chi connectivity index (χ0v) is 17.5. The maximum Gasteiger partial charge on any atom is 0.194 e. The lowest BCUT2D eigenvalue weighted by atomic mass is 10.2. The van der Waals surface area contributed by atoms with E-state index < -0.39 is 0 Å². The van der Waals surface area contributed by atoms with Crippen molar-refractivity contribution in [3.63, 3.8) is 0 Å². The number of aromatic nitrogens is 3. The molecule has 2 heterocycles. The zero-order valence-electron chi connectivity index (χ0n) is 15.9. The first-order valence-electron chi connectivity index (χ1n) is 8.94. The molecular weight excluding hydrogens is 413 g/mol. The van der Waals surface area contributed by atoms with Gasteiger partial charge in [0.15, 0.2) is 11.8 Å². The van der Waals surface area contributed by atoms with Crippen LogP contribution in [0.15, 0.2) is 27.7 Å². The Labute approximate surface area is 167 Å². The zero-order chi connectivity index (χ0) is 19.4. The Kier molecular flexibility index (Phi) is 6.43. The Balaban J connectivity index is 1.51. The van der Waals surface area contributed by atoms with Crippen LogP contribution in [0.2, 0.25) is 0 Å². The molecule has 0 amide bonds. The predicted octanol–water partition coefficient (Wildman–Crippen LogP) is 1.92. The first-order chi connectivity index (χ1) is 13.0. The van der Waals surface area contributed by atoms with Crippen molar-refractivity contribution >= 4 is 21.9 Å². The number of rotatable bonds is 4. The number of piperazine rings is 1. The molecule has 9 heteroatoms. The number of hydrogen-bond acceptors (Lipinski definition) is 4. The van der Waals surface area contributed by atoms with Crippen LogP contribution in [0, 0.1) is 12.7 Å². The molecule has 0 aliphatic carbocycles. The Morgan fingerprint density at radius 1 is 1.26 bits per heavy atom. The van der Waals surface area contributed by atoms with E-state index in [1.807, 2.05) is 24.6 Å². The van der Waals surface area contributed by atoms with Crippen molar-refractivity contribution in [3.8, 4) is 0 Å². The van der Waals surface area contributed by atoms with Gasteiger partial charge in [-0.05, 0) is 40.5 Å². The molecule has 1 aromatic heterocycles. The van der Waals surface area contributed by atoms with Gasteiger partial charge in [0.2, 0.25) is 0 Å². The summed E-state index contributed by atoms with van der Waals surface area (Å²) in [5.41, 5.74) is 0.990. The van der Waals surface area contributed by atoms with Crippen molar-refractivity contribution < 1.29 is 4.39 Å². The van der Waals surface area contributed by atoms with Crippen LogP contribution in [0.5, 0.6) is 0 Å². The molecule has 1 saturated heterocycles. The SMILES string of the molecule is CN=C(NCc1nnc(C)n1C)N1CCN(Cc2ccc(Br)c(F)c2)CC1. The molecule has 2 aromatic rings. The maximum atomic E-state index is 13.7. The van der Waals surface area contributed by atoms with Crippen LogP contribution < -0.4 is 5.32 Å². The van der Waals surface area contributed by atoms with Gasteiger partial charge in [0.1, 0.15) is 11.6 Å². The standard InChI is InChI=1S/C18H25BrFN7/c1-13-23-24-17(25(13)3)11-22-18(21-2)27-8-6-26(7-9-27)12-14-4-5-15(19)16(20)10-14/h4-5,10H,6-9,11-12H2,1-3H3,(H,21,22). The third-order valence-corrected chi connectivity index (χ3v) is 5.50. The molecule has 1 fully saturated rings. The summed E-state index contributed by atoms with van der Waals surface area (Å²) in [6.45, 7) is 6.82. The van der Waals surface area contributed by atoms with Crippen molar-refractivity contribution in [1.82, 2.24) is 29.9 Å². The van der Waals surface area contributed by atoms with Gasteiger partial charge in [-0.15, -0.1) is 10.2 Å². The van der Waals surface area contributed by atoms with Gasteiger partial charge in [0.05, 0.1) is 11.0 Å². The van der Waals surface area contributed by atoms with Crippen molar-refractivity contribution in [2.45, 2.75) is 20.0 Å². The molecular formula is C18H25BrFN7. The highest BCUT2D eigenvalue weighted by molar-refractivity contribution is 9.10. The Bertz CT molecular complexity index is 812. The van der Waals surface area contributed by atoms with E-state index in [-0.39, 0.29) is 5.82 Å². The fourth-order valence-corrected chi connectivity index (χ4v) is 3.36. The van der Waals surface area contributed by atoms with Gasteiger partial charge in [-0.1, -0.05) is 6.07 Å². The molecule has 27 heavy (non-hydrogen) atoms. The Morgan fingerprint density at radius 3 is 2.59 bits per heavy atom. The largest absolute Gasteiger partial charge is 0.349 e. The number of aliphatic imine (C=N–C) groups is 1. The van der Waals surface area contributed by atoms with Gasteiger partial charge in [-0.25, -0.2) is 4.39 Å². The van der Waals surface area contributed by atoms with Crippen LogP contribution in [0.25, 0.3) is 0 Å². The van der Waals surface area contributed by atoms with Crippen LogP contribution >= 0.6 is 15.9 Å². The highest BCUT2D eigenvalue weighted by atomic mass is 79.9. The maximum absolute atomic E-state index is 13.7. The minimum absolute atomic E-state index is 0.213. The molecule has 0 spiro atoms. The number of nitrogens with one attached hydrogen (secondary N) is 1. The van der Waals surface area contributed by atoms with E-state index in [9.17, 15) is 4.39 Å². The molecule has 0 unspecified atom stereocenters. The summed E-state index contributed by atoms with van der Waals surface area (Å²) in [5.74, 6) is 2.42. The fraction of sp³-hybridized carbons (Fsp3) is 0.500. The lowest BCUT2D eigenvalue weighted by Gasteiger charge is -2.36. The van der Waals surface area contributed by atoms with E-state index in [1.165, 1.54) is 0 Å². The van der Waals surface area contributed by atoms with E-state index in [1.54, 1.807) is 19.2 Å². The molecule has 146 valence electrons. The Morgan fingerprint density at radius 2 is 2.00 bits per heavy atom. The fourth-order valence-electron chi connectivity index (χ4n) is 3.11. The summed E-state index contributed by atoms with van der Waals surface area (Å²) < 4.78 is 16.2. The number of benzene rings is 1. The molecule has 1 aromatic carbocycles. The molecule has 0 atom stereocenters. The highest BCUT2D eigenvalue weighted by Crippen LogP contribution is 2.18. The second-order valence-corrected chi connectivity index (χ2v) is 7.49. The van der Waals surface area contributed by atoms with E-state index in [0.717, 1.165) is 55.9 Å². The van der Waals surface area contributed by atoms with E-state index >= 15 is 0 Å². The smallest absolute Gasteiger partial charge is 0.194 e. The summed E-state index contributed by atoms with van der Waals surface area (Å²) >= 11 is 3.20. The minimum Gasteiger partial charge on any atom is -0.349 e. The van der Waals surface area contributed by atoms with Gasteiger partial charge in [-0.3, -0.25) is 9.89 Å². The van der Waals surface area contributed by atoms with Gasteiger partial charge in [-0.2, -0.15) is 0 Å². The molecule has 0 radical (unpaired) electrons. The molecule has 3 rings (SSSR count). The van der Waals surface area contributed by atoms with Crippen molar-refractivity contribution in [2.75, 3.05) is 33.2 Å². The van der Waals surface area contributed by atoms with Crippen LogP contribution in [0.4, 0.5) is 4.39 Å². The summed E-state index contributed by atoms with van der Waals surface area (Å²) in [4.78, 5) is 8.96. The third-order valence-electron chi connectivity index (χ3n) is 4.86. The number of guanidine groups is 1. The lowest BCUT2D eigenvalue weighted by molar-refractivity contribution is 0.172. The molecule has 1 aliphatic heterocycles. The number of hydrogen-bond donors (Lipinski definition) is 1. The molecule has 1 aliphatic rings. The van der Waals surface area contributed by atoms with Crippen molar-refractivity contribution in [3.05, 3.63) is 45.7 Å². The average molecular weight is 438 g/mol. The average Bonchev–Trinajstić information content (AvgIpc) is 2.98. The van der Waals surface area contributed by atoms with Gasteiger partial charge in [0, 0.05) is 46.8 Å². The quantitative estimate of drug-likeness (QED) is 0.584. The summed E-state index contributed by atoms with van der Waals surface area (Å²) in [6, 6.07) is 5.32. The molecule has 0 saturated carbocycles. The summed E-state index contributed by atoms with van der Waals surface area (Å²) in [6.07, 6.45) is 0. The van der Waals surface area contributed by atoms with E-state index in [2.05, 4.69) is 46.2 Å². The van der Waals surface area contributed by atoms with Crippen LogP contribution in [-0.4, -0.2) is 63.8 Å². The van der Waals surface area contributed by atoms with Gasteiger partial charge < -0.3 is 14.8 Å². The predicted molar refractivity (Wildman–Crippen MR) is 107 cm³/mol. The van der Waals surface area contributed by atoms with Gasteiger partial charge in [0.25, 0.3) is 0 Å². The highest BCUT2D eigenvalue weighted by Gasteiger charge is 2.20. The molecule has 0 bridgehead atoms. The van der Waals surface area contributed by atoms with Crippen LogP contribution in [0.3, 0.4) is 0 Å². The normalized spacial score (nSPS) is 16.0. The van der Waals surface area contributed by atoms with Crippen molar-refractivity contribution in [2.24, 2.45) is 12.0 Å². The number of halogens is 2. The van der Waals surface area contributed by atoms with Crippen LogP contribution in [0.1, 0.15) is 17.2 Å². The van der Waals surface area contributed by atoms with Crippen LogP contribution in [-0.2, 0) is 20.1 Å². The van der Waals surface area contributed by atoms with Gasteiger partial charge >= 0.3 is 0 Å². The molecule has 7 nitrogen and oxygen atoms in total. The second-order valence-electron chi connectivity index (χ2n) is 6.63. The first-order valence-corrected chi connectivity index (χ1v) is 9.74. The summed E-state index contributed by atoms with van der Waals surface area (Å²) in [7, 11) is 3.75. The first kappa shape index (κ1) is 19.8. The number of nitrogens with zero attached hydrogens (tertiary/aromatic N) is 6. The monoisotopic (exact) mass is 437 g/mol. The lowest BCUT2D eigenvalue weighted by Crippen LogP contribution is -2.52. The summed E-state index contributed by atoms with van der Waals surface area (Å²) in [5, 5.41) is 11.6. The van der Waals surface area contributed by atoms with Crippen molar-refractivity contribution in [1.29, 1.82) is 0 Å². The topological polar surface area (TPSA) is 61.6 Å². The number of aryl methyl sites for hydroxylation is 1. The van der Waals surface area contributed by atoms with E-state index in [4.69, 9.17) is 0 Å². The van der Waals surface area contributed by atoms with E-state index in [0.29, 0.717) is 11.0 Å². The minimum atomic E-state index is -0.213. The second kappa shape index (κ2) is 8.79. The molecule has 1 N–H and O–H groups in total. The third kappa shape index (κ3) is 4.84.